The molecule has 0 spiro atoms. The Labute approximate surface area is 94.0 Å². The minimum absolute atomic E-state index is 0.0160. The molecule has 0 aliphatic carbocycles. The number of rotatable bonds is 3. The van der Waals surface area contributed by atoms with Gasteiger partial charge in [-0.3, -0.25) is 0 Å². The smallest absolute Gasteiger partial charge is 0.258 e. The van der Waals surface area contributed by atoms with Gasteiger partial charge in [0.15, 0.2) is 5.82 Å². The van der Waals surface area contributed by atoms with Crippen molar-refractivity contribution in [1.82, 2.24) is 20.2 Å². The highest BCUT2D eigenvalue weighted by molar-refractivity contribution is 5.71. The zero-order valence-electron chi connectivity index (χ0n) is 8.52. The molecule has 17 heavy (non-hydrogen) atoms. The summed E-state index contributed by atoms with van der Waals surface area (Å²) >= 11 is 0. The van der Waals surface area contributed by atoms with Gasteiger partial charge >= 0.3 is 0 Å². The molecule has 2 N–H and O–H groups in total. The molecule has 2 rings (SSSR count). The highest BCUT2D eigenvalue weighted by Gasteiger charge is 2.15. The number of nitrogens with two attached hydrogens (primary N) is 1. The van der Waals surface area contributed by atoms with Gasteiger partial charge in [0.1, 0.15) is 12.4 Å². The third-order valence-corrected chi connectivity index (χ3v) is 2.10. The number of hydrogen-bond donors (Lipinski definition) is 1. The maximum atomic E-state index is 13.1. The molecule has 1 aromatic carbocycles. The van der Waals surface area contributed by atoms with E-state index in [2.05, 4.69) is 15.5 Å². The number of tetrazole rings is 1. The molecule has 0 saturated heterocycles. The third-order valence-electron chi connectivity index (χ3n) is 2.10. The lowest BCUT2D eigenvalue weighted by Crippen LogP contribution is -2.10. The first-order valence-electron chi connectivity index (χ1n) is 4.67. The molecule has 8 heteroatoms. The number of anilines is 1. The molecular weight excluding hydrogens is 235 g/mol. The summed E-state index contributed by atoms with van der Waals surface area (Å²) in [4.78, 5) is 0. The van der Waals surface area contributed by atoms with E-state index in [-0.39, 0.29) is 17.1 Å². The summed E-state index contributed by atoms with van der Waals surface area (Å²) < 4.78 is 38.4. The lowest BCUT2D eigenvalue weighted by Gasteiger charge is -2.06. The molecule has 0 atom stereocenters. The third kappa shape index (κ3) is 2.35. The maximum Gasteiger partial charge on any atom is 0.258 e. The lowest BCUT2D eigenvalue weighted by atomic mass is 10.1. The summed E-state index contributed by atoms with van der Waals surface area (Å²) in [5.41, 5.74) is 6.03. The second kappa shape index (κ2) is 4.40. The van der Waals surface area contributed by atoms with E-state index >= 15 is 0 Å². The molecule has 90 valence electrons. The zero-order valence-corrected chi connectivity index (χ0v) is 8.52. The van der Waals surface area contributed by atoms with Gasteiger partial charge in [-0.15, -0.1) is 5.10 Å². The number of nitrogens with zero attached hydrogens (tertiary/aromatic N) is 4. The predicted octanol–water partition coefficient (Wildman–Crippen LogP) is 1.33. The van der Waals surface area contributed by atoms with E-state index in [9.17, 15) is 13.2 Å². The number of benzene rings is 1. The van der Waals surface area contributed by atoms with E-state index in [1.807, 2.05) is 0 Å². The fraction of sp³-hybridized carbons (Fsp3) is 0.222. The highest BCUT2D eigenvalue weighted by Crippen LogP contribution is 2.24. The van der Waals surface area contributed by atoms with Crippen LogP contribution in [0.5, 0.6) is 0 Å². The van der Waals surface area contributed by atoms with E-state index in [4.69, 9.17) is 5.73 Å². The van der Waals surface area contributed by atoms with Crippen molar-refractivity contribution in [3.05, 3.63) is 24.0 Å². The van der Waals surface area contributed by atoms with Crippen molar-refractivity contribution in [2.24, 2.45) is 0 Å². The van der Waals surface area contributed by atoms with Crippen LogP contribution in [0.25, 0.3) is 11.4 Å². The van der Waals surface area contributed by atoms with Crippen LogP contribution in [0, 0.1) is 5.82 Å². The Hall–Kier alpha value is -2.12. The normalized spacial score (nSPS) is 11.1. The van der Waals surface area contributed by atoms with Gasteiger partial charge in [0, 0.05) is 11.3 Å². The average Bonchev–Trinajstić information content (AvgIpc) is 2.69. The number of nitrogen functional groups attached to an aromatic ring is 1. The largest absolute Gasteiger partial charge is 0.398 e. The van der Waals surface area contributed by atoms with Gasteiger partial charge in [0.25, 0.3) is 6.43 Å². The molecule has 0 aliphatic heterocycles. The Kier molecular flexibility index (Phi) is 2.94. The standard InChI is InChI=1S/C9H8F3N5/c10-5-1-2-7(13)6(3-5)9-14-15-16-17(9)4-8(11)12/h1-3,8H,4,13H2. The molecule has 0 radical (unpaired) electrons. The van der Waals surface area contributed by atoms with Crippen molar-refractivity contribution in [2.75, 3.05) is 5.73 Å². The Morgan fingerprint density at radius 1 is 1.35 bits per heavy atom. The molecule has 0 fully saturated rings. The number of halogens is 3. The molecule has 0 unspecified atom stereocenters. The van der Waals surface area contributed by atoms with Crippen molar-refractivity contribution < 1.29 is 13.2 Å². The average molecular weight is 243 g/mol. The van der Waals surface area contributed by atoms with E-state index < -0.39 is 18.8 Å². The van der Waals surface area contributed by atoms with E-state index in [0.717, 1.165) is 10.7 Å². The van der Waals surface area contributed by atoms with Crippen molar-refractivity contribution in [3.8, 4) is 11.4 Å². The molecule has 0 aliphatic rings. The topological polar surface area (TPSA) is 69.6 Å². The number of aromatic nitrogens is 4. The van der Waals surface area contributed by atoms with Crippen LogP contribution in [0.15, 0.2) is 18.2 Å². The molecule has 2 aromatic rings. The van der Waals surface area contributed by atoms with Crippen LogP contribution in [0.3, 0.4) is 0 Å². The van der Waals surface area contributed by atoms with Gasteiger partial charge in [0.05, 0.1) is 0 Å². The van der Waals surface area contributed by atoms with Crippen molar-refractivity contribution in [3.63, 3.8) is 0 Å². The van der Waals surface area contributed by atoms with Crippen LogP contribution >= 0.6 is 0 Å². The van der Waals surface area contributed by atoms with Crippen LogP contribution in [0.2, 0.25) is 0 Å². The lowest BCUT2D eigenvalue weighted by molar-refractivity contribution is 0.121. The SMILES string of the molecule is Nc1ccc(F)cc1-c1nnnn1CC(F)F. The first-order valence-corrected chi connectivity index (χ1v) is 4.67. The molecule has 1 heterocycles. The Morgan fingerprint density at radius 3 is 2.82 bits per heavy atom. The number of hydrogen-bond acceptors (Lipinski definition) is 4. The zero-order chi connectivity index (χ0) is 12.4. The van der Waals surface area contributed by atoms with E-state index in [1.165, 1.54) is 12.1 Å². The van der Waals surface area contributed by atoms with Gasteiger partial charge in [-0.05, 0) is 28.6 Å². The minimum Gasteiger partial charge on any atom is -0.398 e. The van der Waals surface area contributed by atoms with Crippen LogP contribution in [-0.4, -0.2) is 26.6 Å². The van der Waals surface area contributed by atoms with Gasteiger partial charge in [-0.25, -0.2) is 17.9 Å². The van der Waals surface area contributed by atoms with Gasteiger partial charge in [-0.1, -0.05) is 0 Å². The van der Waals surface area contributed by atoms with Crippen molar-refractivity contribution >= 4 is 5.69 Å². The summed E-state index contributed by atoms with van der Waals surface area (Å²) in [5.74, 6) is -0.525. The molecule has 0 amide bonds. The number of alkyl halides is 2. The fourth-order valence-corrected chi connectivity index (χ4v) is 1.37. The predicted molar refractivity (Wildman–Crippen MR) is 53.6 cm³/mol. The molecule has 5 nitrogen and oxygen atoms in total. The summed E-state index contributed by atoms with van der Waals surface area (Å²) in [7, 11) is 0. The highest BCUT2D eigenvalue weighted by atomic mass is 19.3. The molecule has 0 saturated carbocycles. The summed E-state index contributed by atoms with van der Waals surface area (Å²) in [6.07, 6.45) is -2.60. The van der Waals surface area contributed by atoms with Gasteiger partial charge in [0.2, 0.25) is 0 Å². The first-order chi connectivity index (χ1) is 8.08. The molecular formula is C9H8F3N5. The van der Waals surface area contributed by atoms with Crippen molar-refractivity contribution in [1.29, 1.82) is 0 Å². The second-order valence-corrected chi connectivity index (χ2v) is 3.31. The summed E-state index contributed by atoms with van der Waals surface area (Å²) in [6, 6.07) is 3.59. The quantitative estimate of drug-likeness (QED) is 0.825. The van der Waals surface area contributed by atoms with Gasteiger partial charge in [-0.2, -0.15) is 0 Å². The molecule has 1 aromatic heterocycles. The van der Waals surface area contributed by atoms with E-state index in [1.54, 1.807) is 0 Å². The summed E-state index contributed by atoms with van der Waals surface area (Å²) in [6.45, 7) is -0.668. The van der Waals surface area contributed by atoms with Crippen LogP contribution in [0.4, 0.5) is 18.9 Å². The van der Waals surface area contributed by atoms with Crippen LogP contribution in [0.1, 0.15) is 0 Å². The molecule has 0 bridgehead atoms. The van der Waals surface area contributed by atoms with Gasteiger partial charge < -0.3 is 5.73 Å². The fourth-order valence-electron chi connectivity index (χ4n) is 1.37. The minimum atomic E-state index is -2.60. The second-order valence-electron chi connectivity index (χ2n) is 3.31. The Bertz CT molecular complexity index is 525. The monoisotopic (exact) mass is 243 g/mol. The Balaban J connectivity index is 2.45. The van der Waals surface area contributed by atoms with Crippen LogP contribution in [-0.2, 0) is 6.54 Å². The Morgan fingerprint density at radius 2 is 2.12 bits per heavy atom. The first kappa shape index (κ1) is 11.4. The van der Waals surface area contributed by atoms with E-state index in [0.29, 0.717) is 0 Å². The van der Waals surface area contributed by atoms with Crippen LogP contribution < -0.4 is 5.73 Å². The maximum absolute atomic E-state index is 13.1. The van der Waals surface area contributed by atoms with Crippen molar-refractivity contribution in [2.45, 2.75) is 13.0 Å². The summed E-state index contributed by atoms with van der Waals surface area (Å²) in [5, 5.41) is 10.2.